The van der Waals surface area contributed by atoms with Crippen LogP contribution in [0.25, 0.3) is 0 Å². The Morgan fingerprint density at radius 2 is 2.11 bits per heavy atom. The van der Waals surface area contributed by atoms with Crippen LogP contribution in [0.2, 0.25) is 0 Å². The Balaban J connectivity index is 0. The van der Waals surface area contributed by atoms with Gasteiger partial charge in [-0.15, -0.1) is 0 Å². The van der Waals surface area contributed by atoms with E-state index in [1.54, 1.807) is 0 Å². The summed E-state index contributed by atoms with van der Waals surface area (Å²) in [6, 6.07) is 0. The standard InChI is InChI=1S/C5H8O2S.Na.H/c1-2-3-4(6)5(7)8;;/h2-3H2,1H3,(H,7,8);;. The Kier molecular flexibility index (Phi) is 9.09. The fraction of sp³-hybridized carbons (Fsp3) is 0.600. The molecule has 48 valence electrons. The molecule has 4 heteroatoms. The van der Waals surface area contributed by atoms with E-state index in [0.717, 1.165) is 6.42 Å². The van der Waals surface area contributed by atoms with Crippen LogP contribution in [-0.2, 0) is 4.79 Å². The van der Waals surface area contributed by atoms with Gasteiger partial charge in [-0.25, -0.2) is 0 Å². The molecule has 0 aromatic heterocycles. The summed E-state index contributed by atoms with van der Waals surface area (Å²) in [5, 5.41) is 7.84. The first kappa shape index (κ1) is 12.3. The SMILES string of the molecule is CCCC(=O)C(O)=S.[NaH]. The van der Waals surface area contributed by atoms with Crippen molar-refractivity contribution >= 4 is 52.6 Å². The molecule has 0 saturated heterocycles. The Morgan fingerprint density at radius 3 is 2.22 bits per heavy atom. The molecule has 0 saturated carbocycles. The monoisotopic (exact) mass is 156 g/mol. The first-order chi connectivity index (χ1) is 3.68. The number of hydrogen-bond acceptors (Lipinski definition) is 2. The molecule has 0 fully saturated rings. The van der Waals surface area contributed by atoms with Crippen LogP contribution in [0.3, 0.4) is 0 Å². The minimum atomic E-state index is -0.494. The number of carbonyl (C=O) groups is 1. The van der Waals surface area contributed by atoms with E-state index in [2.05, 4.69) is 12.2 Å². The van der Waals surface area contributed by atoms with E-state index in [0.29, 0.717) is 6.42 Å². The molecule has 9 heavy (non-hydrogen) atoms. The predicted octanol–water partition coefficient (Wildman–Crippen LogP) is 0.592. The van der Waals surface area contributed by atoms with Crippen molar-refractivity contribution < 1.29 is 9.90 Å². The third-order valence-corrected chi connectivity index (χ3v) is 0.943. The number of Topliss-reactive ketones (excluding diaryl/α,β-unsaturated/α-hetero) is 1. The van der Waals surface area contributed by atoms with Gasteiger partial charge in [0.15, 0.2) is 0 Å². The van der Waals surface area contributed by atoms with Crippen molar-refractivity contribution in [2.45, 2.75) is 19.8 Å². The number of thiocarbonyl (C=S) groups is 1. The molecule has 0 aliphatic heterocycles. The summed E-state index contributed by atoms with van der Waals surface area (Å²) in [4.78, 5) is 10.4. The summed E-state index contributed by atoms with van der Waals surface area (Å²) in [5.74, 6) is -0.331. The normalized spacial score (nSPS) is 7.67. The van der Waals surface area contributed by atoms with E-state index in [1.165, 1.54) is 0 Å². The molecule has 0 aromatic rings. The molecular formula is C5H9NaO2S. The zero-order chi connectivity index (χ0) is 6.57. The molecule has 0 atom stereocenters. The summed E-state index contributed by atoms with van der Waals surface area (Å²) < 4.78 is 0. The number of hydrogen-bond donors (Lipinski definition) is 1. The van der Waals surface area contributed by atoms with Crippen molar-refractivity contribution in [1.29, 1.82) is 0 Å². The molecule has 2 nitrogen and oxygen atoms in total. The van der Waals surface area contributed by atoms with Gasteiger partial charge in [0, 0.05) is 6.42 Å². The van der Waals surface area contributed by atoms with Crippen molar-refractivity contribution in [3.8, 4) is 0 Å². The molecule has 0 unspecified atom stereocenters. The van der Waals surface area contributed by atoms with Gasteiger partial charge >= 0.3 is 29.6 Å². The molecule has 0 radical (unpaired) electrons. The van der Waals surface area contributed by atoms with Gasteiger partial charge in [0.2, 0.25) is 10.8 Å². The van der Waals surface area contributed by atoms with Crippen LogP contribution < -0.4 is 0 Å². The van der Waals surface area contributed by atoms with Gasteiger partial charge in [0.05, 0.1) is 0 Å². The van der Waals surface area contributed by atoms with Crippen molar-refractivity contribution in [1.82, 2.24) is 0 Å². The molecule has 0 heterocycles. The van der Waals surface area contributed by atoms with Crippen LogP contribution in [0.1, 0.15) is 19.8 Å². The number of ketones is 1. The Morgan fingerprint density at radius 1 is 1.67 bits per heavy atom. The molecule has 0 aliphatic carbocycles. The second-order valence-electron chi connectivity index (χ2n) is 1.48. The third-order valence-electron chi connectivity index (χ3n) is 0.716. The number of carbonyl (C=O) groups excluding carboxylic acids is 1. The Bertz CT molecular complexity index is 114. The van der Waals surface area contributed by atoms with Gasteiger partial charge in [-0.3, -0.25) is 4.79 Å². The van der Waals surface area contributed by atoms with Gasteiger partial charge < -0.3 is 5.11 Å². The summed E-state index contributed by atoms with van der Waals surface area (Å²) in [7, 11) is 0. The van der Waals surface area contributed by atoms with Gasteiger partial charge in [-0.1, -0.05) is 6.92 Å². The van der Waals surface area contributed by atoms with Crippen molar-refractivity contribution in [3.63, 3.8) is 0 Å². The zero-order valence-corrected chi connectivity index (χ0v) is 5.49. The average Bonchev–Trinajstić information content (AvgIpc) is 1.67. The molecule has 0 rings (SSSR count). The number of aliphatic hydroxyl groups excluding tert-OH is 1. The van der Waals surface area contributed by atoms with E-state index in [1.807, 2.05) is 6.92 Å². The van der Waals surface area contributed by atoms with Crippen LogP contribution in [-0.4, -0.2) is 45.5 Å². The maximum atomic E-state index is 10.4. The van der Waals surface area contributed by atoms with Crippen molar-refractivity contribution in [2.75, 3.05) is 0 Å². The van der Waals surface area contributed by atoms with Gasteiger partial charge in [0.1, 0.15) is 0 Å². The topological polar surface area (TPSA) is 37.3 Å². The average molecular weight is 156 g/mol. The first-order valence-corrected chi connectivity index (χ1v) is 2.85. The number of rotatable bonds is 3. The summed E-state index contributed by atoms with van der Waals surface area (Å²) >= 11 is 4.19. The van der Waals surface area contributed by atoms with Crippen LogP contribution in [0.15, 0.2) is 0 Å². The second kappa shape index (κ2) is 6.68. The maximum absolute atomic E-state index is 10.4. The minimum absolute atomic E-state index is 0. The Labute approximate surface area is 81.9 Å². The third kappa shape index (κ3) is 6.45. The van der Waals surface area contributed by atoms with Crippen molar-refractivity contribution in [3.05, 3.63) is 0 Å². The van der Waals surface area contributed by atoms with Gasteiger partial charge in [-0.05, 0) is 18.6 Å². The van der Waals surface area contributed by atoms with E-state index >= 15 is 0 Å². The summed E-state index contributed by atoms with van der Waals surface area (Å²) in [6.45, 7) is 1.86. The summed E-state index contributed by atoms with van der Waals surface area (Å²) in [5.41, 5.74) is 0. The Hall–Kier alpha value is 0.560. The van der Waals surface area contributed by atoms with E-state index in [-0.39, 0.29) is 35.3 Å². The molecule has 0 aliphatic rings. The van der Waals surface area contributed by atoms with Crippen LogP contribution in [0, 0.1) is 0 Å². The quantitative estimate of drug-likeness (QED) is 0.480. The van der Waals surface area contributed by atoms with Gasteiger partial charge in [-0.2, -0.15) is 0 Å². The molecule has 0 amide bonds. The second-order valence-corrected chi connectivity index (χ2v) is 1.87. The molecule has 0 bridgehead atoms. The van der Waals surface area contributed by atoms with E-state index < -0.39 is 5.05 Å². The van der Waals surface area contributed by atoms with Crippen LogP contribution in [0.5, 0.6) is 0 Å². The summed E-state index contributed by atoms with van der Waals surface area (Å²) in [6.07, 6.45) is 1.09. The first-order valence-electron chi connectivity index (χ1n) is 2.44. The fourth-order valence-corrected chi connectivity index (χ4v) is 0.436. The van der Waals surface area contributed by atoms with Crippen LogP contribution >= 0.6 is 12.2 Å². The molecular weight excluding hydrogens is 147 g/mol. The fourth-order valence-electron chi connectivity index (χ4n) is 0.334. The van der Waals surface area contributed by atoms with E-state index in [9.17, 15) is 4.79 Å². The van der Waals surface area contributed by atoms with E-state index in [4.69, 9.17) is 5.11 Å². The zero-order valence-electron chi connectivity index (χ0n) is 4.68. The molecule has 0 spiro atoms. The number of aliphatic hydroxyl groups is 1. The van der Waals surface area contributed by atoms with Crippen LogP contribution in [0.4, 0.5) is 0 Å². The van der Waals surface area contributed by atoms with Crippen molar-refractivity contribution in [2.24, 2.45) is 0 Å². The molecule has 0 aromatic carbocycles. The predicted molar refractivity (Wildman–Crippen MR) is 42.3 cm³/mol. The van der Waals surface area contributed by atoms with Gasteiger partial charge in [0.25, 0.3) is 0 Å². The molecule has 1 N–H and O–H groups in total.